The van der Waals surface area contributed by atoms with Crippen LogP contribution in [0.3, 0.4) is 0 Å². The van der Waals surface area contributed by atoms with Crippen LogP contribution in [0.15, 0.2) is 23.2 Å². The lowest BCUT2D eigenvalue weighted by atomic mass is 10.00. The first-order valence-electron chi connectivity index (χ1n) is 9.13. The van der Waals surface area contributed by atoms with Gasteiger partial charge in [0.1, 0.15) is 6.10 Å². The van der Waals surface area contributed by atoms with E-state index in [1.807, 2.05) is 0 Å². The maximum Gasteiger partial charge on any atom is 0.194 e. The molecule has 0 radical (unpaired) electrons. The summed E-state index contributed by atoms with van der Waals surface area (Å²) in [4.78, 5) is 7.09. The summed E-state index contributed by atoms with van der Waals surface area (Å²) < 4.78 is 11.6. The van der Waals surface area contributed by atoms with Gasteiger partial charge in [0.15, 0.2) is 5.96 Å². The highest BCUT2D eigenvalue weighted by Gasteiger charge is 2.26. The highest BCUT2D eigenvalue weighted by Crippen LogP contribution is 2.26. The molecule has 5 nitrogen and oxygen atoms in total. The fourth-order valence-corrected chi connectivity index (χ4v) is 2.97. The molecule has 0 aromatic heterocycles. The van der Waals surface area contributed by atoms with Crippen molar-refractivity contribution < 1.29 is 9.47 Å². The van der Waals surface area contributed by atoms with E-state index in [1.54, 1.807) is 7.11 Å². The summed E-state index contributed by atoms with van der Waals surface area (Å²) in [6.45, 7) is 14.3. The van der Waals surface area contributed by atoms with Crippen LogP contribution in [-0.4, -0.2) is 56.4 Å². The Hall–Kier alpha value is -0.860. The number of halogens is 1. The lowest BCUT2D eigenvalue weighted by Crippen LogP contribution is -2.48. The number of hydrogen-bond acceptors (Lipinski definition) is 3. The quantitative estimate of drug-likeness (QED) is 0.401. The molecule has 1 aromatic carbocycles. The first kappa shape index (κ1) is 23.2. The zero-order chi connectivity index (χ0) is 18.4. The minimum atomic E-state index is -0.264. The van der Waals surface area contributed by atoms with Crippen LogP contribution in [0.5, 0.6) is 0 Å². The zero-order valence-corrected chi connectivity index (χ0v) is 19.3. The van der Waals surface area contributed by atoms with Crippen LogP contribution in [0, 0.1) is 13.8 Å². The van der Waals surface area contributed by atoms with Crippen LogP contribution in [0.25, 0.3) is 0 Å². The predicted octanol–water partition coefficient (Wildman–Crippen LogP) is 3.69. The van der Waals surface area contributed by atoms with Gasteiger partial charge in [0.05, 0.1) is 25.3 Å². The molecule has 1 atom stereocenters. The van der Waals surface area contributed by atoms with Crippen molar-refractivity contribution in [3.05, 3.63) is 34.9 Å². The second-order valence-corrected chi connectivity index (χ2v) is 7.30. The van der Waals surface area contributed by atoms with Crippen molar-refractivity contribution in [1.29, 1.82) is 0 Å². The smallest absolute Gasteiger partial charge is 0.194 e. The third-order valence-corrected chi connectivity index (χ3v) is 4.64. The molecule has 148 valence electrons. The number of nitrogens with one attached hydrogen (secondary N) is 1. The number of methoxy groups -OCH3 is 1. The third-order valence-electron chi connectivity index (χ3n) is 4.64. The van der Waals surface area contributed by atoms with Gasteiger partial charge in [-0.25, -0.2) is 0 Å². The van der Waals surface area contributed by atoms with Gasteiger partial charge in [-0.15, -0.1) is 24.0 Å². The molecule has 1 saturated heterocycles. The van der Waals surface area contributed by atoms with Gasteiger partial charge >= 0.3 is 0 Å². The molecule has 0 amide bonds. The van der Waals surface area contributed by atoms with Gasteiger partial charge < -0.3 is 19.7 Å². The number of guanidine groups is 1. The Morgan fingerprint density at radius 1 is 1.38 bits per heavy atom. The Kier molecular flexibility index (Phi) is 9.33. The van der Waals surface area contributed by atoms with Crippen LogP contribution in [0.2, 0.25) is 0 Å². The highest BCUT2D eigenvalue weighted by molar-refractivity contribution is 14.0. The fraction of sp³-hybridized carbons (Fsp3) is 0.650. The van der Waals surface area contributed by atoms with Crippen LogP contribution in [0.4, 0.5) is 0 Å². The van der Waals surface area contributed by atoms with Crippen molar-refractivity contribution in [2.24, 2.45) is 4.99 Å². The fourth-order valence-electron chi connectivity index (χ4n) is 2.97. The van der Waals surface area contributed by atoms with Crippen molar-refractivity contribution in [2.75, 3.05) is 39.9 Å². The molecule has 0 bridgehead atoms. The summed E-state index contributed by atoms with van der Waals surface area (Å²) in [6, 6.07) is 6.57. The topological polar surface area (TPSA) is 46.1 Å². The molecule has 0 saturated carbocycles. The van der Waals surface area contributed by atoms with Gasteiger partial charge in [-0.2, -0.15) is 0 Å². The van der Waals surface area contributed by atoms with E-state index in [0.717, 1.165) is 25.6 Å². The van der Waals surface area contributed by atoms with Gasteiger partial charge in [-0.1, -0.05) is 23.8 Å². The van der Waals surface area contributed by atoms with Crippen molar-refractivity contribution in [2.45, 2.75) is 46.3 Å². The van der Waals surface area contributed by atoms with E-state index in [1.165, 1.54) is 16.7 Å². The van der Waals surface area contributed by atoms with Gasteiger partial charge in [-0.05, 0) is 45.7 Å². The largest absolute Gasteiger partial charge is 0.377 e. The molecule has 1 N–H and O–H groups in total. The summed E-state index contributed by atoms with van der Waals surface area (Å²) in [6.07, 6.45) is 0.0774. The van der Waals surface area contributed by atoms with Gasteiger partial charge in [0.2, 0.25) is 0 Å². The van der Waals surface area contributed by atoms with Crippen LogP contribution in [0.1, 0.15) is 43.6 Å². The second-order valence-electron chi connectivity index (χ2n) is 7.30. The Balaban J connectivity index is 0.00000338. The lowest BCUT2D eigenvalue weighted by molar-refractivity contribution is -0.00878. The van der Waals surface area contributed by atoms with Crippen LogP contribution < -0.4 is 5.32 Å². The molecule has 1 heterocycles. The molecule has 1 aliphatic heterocycles. The van der Waals surface area contributed by atoms with Crippen LogP contribution in [-0.2, 0) is 9.47 Å². The van der Waals surface area contributed by atoms with Crippen molar-refractivity contribution >= 4 is 29.9 Å². The maximum absolute atomic E-state index is 6.06. The lowest BCUT2D eigenvalue weighted by Gasteiger charge is -2.36. The van der Waals surface area contributed by atoms with E-state index in [-0.39, 0.29) is 35.7 Å². The minimum Gasteiger partial charge on any atom is -0.377 e. The summed E-state index contributed by atoms with van der Waals surface area (Å²) >= 11 is 0. The highest BCUT2D eigenvalue weighted by atomic mass is 127. The normalized spacial score (nSPS) is 18.5. The Bertz CT molecular complexity index is 605. The average Bonchev–Trinajstić information content (AvgIpc) is 2.58. The number of benzene rings is 1. The van der Waals surface area contributed by atoms with E-state index >= 15 is 0 Å². The van der Waals surface area contributed by atoms with E-state index in [0.29, 0.717) is 13.2 Å². The molecule has 1 aliphatic rings. The molecule has 1 aromatic rings. The summed E-state index contributed by atoms with van der Waals surface area (Å²) in [5.41, 5.74) is 3.57. The van der Waals surface area contributed by atoms with Crippen molar-refractivity contribution in [1.82, 2.24) is 10.2 Å². The summed E-state index contributed by atoms with van der Waals surface area (Å²) in [7, 11) is 1.73. The Labute approximate surface area is 175 Å². The van der Waals surface area contributed by atoms with E-state index in [4.69, 9.17) is 14.5 Å². The second kappa shape index (κ2) is 10.5. The Morgan fingerprint density at radius 3 is 2.73 bits per heavy atom. The minimum absolute atomic E-state index is 0. The summed E-state index contributed by atoms with van der Waals surface area (Å²) in [5, 5.41) is 3.41. The van der Waals surface area contributed by atoms with Crippen LogP contribution >= 0.6 is 24.0 Å². The zero-order valence-electron chi connectivity index (χ0n) is 17.0. The number of hydrogen-bond donors (Lipinski definition) is 1. The van der Waals surface area contributed by atoms with E-state index in [9.17, 15) is 0 Å². The maximum atomic E-state index is 6.06. The molecular weight excluding hydrogens is 441 g/mol. The molecule has 26 heavy (non-hydrogen) atoms. The third kappa shape index (κ3) is 6.39. The summed E-state index contributed by atoms with van der Waals surface area (Å²) in [5.74, 6) is 0.936. The molecule has 1 fully saturated rings. The molecule has 2 rings (SSSR count). The van der Waals surface area contributed by atoms with E-state index in [2.05, 4.69) is 63.0 Å². The SMILES string of the molecule is CCNC(=NCC(C)(C)OC)N1CCOC(c2ccc(C)cc2C)C1.I. The van der Waals surface area contributed by atoms with Crippen molar-refractivity contribution in [3.8, 4) is 0 Å². The van der Waals surface area contributed by atoms with Gasteiger partial charge in [0.25, 0.3) is 0 Å². The molecule has 0 spiro atoms. The first-order chi connectivity index (χ1) is 11.9. The first-order valence-corrected chi connectivity index (χ1v) is 9.13. The molecule has 1 unspecified atom stereocenters. The number of nitrogens with zero attached hydrogens (tertiary/aromatic N) is 2. The monoisotopic (exact) mass is 475 g/mol. The predicted molar refractivity (Wildman–Crippen MR) is 119 cm³/mol. The number of aryl methyl sites for hydroxylation is 2. The van der Waals surface area contributed by atoms with Crippen molar-refractivity contribution in [3.63, 3.8) is 0 Å². The number of morpholine rings is 1. The van der Waals surface area contributed by atoms with E-state index < -0.39 is 0 Å². The number of aliphatic imine (C=N–C) groups is 1. The number of rotatable bonds is 5. The molecule has 0 aliphatic carbocycles. The molecular formula is C20H34IN3O2. The molecule has 6 heteroatoms. The van der Waals surface area contributed by atoms with Gasteiger partial charge in [0, 0.05) is 20.2 Å². The Morgan fingerprint density at radius 2 is 2.12 bits per heavy atom. The average molecular weight is 475 g/mol. The number of ether oxygens (including phenoxy) is 2. The van der Waals surface area contributed by atoms with Gasteiger partial charge in [-0.3, -0.25) is 4.99 Å². The standard InChI is InChI=1S/C20H33N3O2.HI/c1-7-21-19(22-14-20(4,5)24-6)23-10-11-25-18(13-23)17-9-8-15(2)12-16(17)3;/h8-9,12,18H,7,10-11,13-14H2,1-6H3,(H,21,22);1H.